The summed E-state index contributed by atoms with van der Waals surface area (Å²) in [4.78, 5) is 28.0. The van der Waals surface area contributed by atoms with E-state index in [1.807, 2.05) is 0 Å². The number of hydrogen-bond acceptors (Lipinski definition) is 6. The van der Waals surface area contributed by atoms with Crippen molar-refractivity contribution in [1.29, 1.82) is 0 Å². The molecule has 164 valence electrons. The zero-order chi connectivity index (χ0) is 23.1. The Hall–Kier alpha value is -4.40. The molecule has 1 aromatic heterocycles. The van der Waals surface area contributed by atoms with Crippen molar-refractivity contribution in [3.63, 3.8) is 0 Å². The zero-order valence-electron chi connectivity index (χ0n) is 17.3. The quantitative estimate of drug-likeness (QED) is 0.519. The number of anilines is 1. The van der Waals surface area contributed by atoms with Crippen LogP contribution in [-0.4, -0.2) is 31.0 Å². The standard InChI is InChI=1S/C23H20FN3O5/c1-30-20-11-16(23(25)29)18(12-21(20)31-2)27-22(28)8-6-14-5-7-19(17(24)10-14)32-15-4-3-9-26-13-15/h3-13H,1-2H3,(H2,25,29)(H,27,28)/b8-6+. The number of amides is 2. The first-order valence-corrected chi connectivity index (χ1v) is 9.33. The highest BCUT2D eigenvalue weighted by Gasteiger charge is 2.16. The SMILES string of the molecule is COc1cc(NC(=O)/C=C/c2ccc(Oc3cccnc3)c(F)c2)c(C(N)=O)cc1OC. The van der Waals surface area contributed by atoms with Crippen LogP contribution < -0.4 is 25.3 Å². The summed E-state index contributed by atoms with van der Waals surface area (Å²) in [6.07, 6.45) is 5.65. The maximum absolute atomic E-state index is 14.3. The van der Waals surface area contributed by atoms with E-state index in [0.29, 0.717) is 22.8 Å². The van der Waals surface area contributed by atoms with E-state index in [2.05, 4.69) is 10.3 Å². The summed E-state index contributed by atoms with van der Waals surface area (Å²) >= 11 is 0. The molecule has 0 radical (unpaired) electrons. The van der Waals surface area contributed by atoms with Gasteiger partial charge < -0.3 is 25.3 Å². The van der Waals surface area contributed by atoms with Crippen molar-refractivity contribution in [2.75, 3.05) is 19.5 Å². The van der Waals surface area contributed by atoms with Gasteiger partial charge in [-0.2, -0.15) is 0 Å². The van der Waals surface area contributed by atoms with Gasteiger partial charge in [0.2, 0.25) is 5.91 Å². The van der Waals surface area contributed by atoms with Crippen LogP contribution in [0.2, 0.25) is 0 Å². The molecule has 1 heterocycles. The molecular weight excluding hydrogens is 417 g/mol. The van der Waals surface area contributed by atoms with E-state index < -0.39 is 17.6 Å². The van der Waals surface area contributed by atoms with Crippen molar-refractivity contribution in [2.24, 2.45) is 5.73 Å². The van der Waals surface area contributed by atoms with Crippen molar-refractivity contribution in [3.8, 4) is 23.0 Å². The van der Waals surface area contributed by atoms with Gasteiger partial charge in [-0.25, -0.2) is 4.39 Å². The molecule has 3 rings (SSSR count). The lowest BCUT2D eigenvalue weighted by Crippen LogP contribution is -2.17. The Morgan fingerprint density at radius 2 is 1.81 bits per heavy atom. The minimum atomic E-state index is -0.753. The second-order valence-corrected chi connectivity index (χ2v) is 6.42. The molecule has 2 aromatic carbocycles. The number of hydrogen-bond donors (Lipinski definition) is 2. The summed E-state index contributed by atoms with van der Waals surface area (Å²) in [7, 11) is 2.83. The van der Waals surface area contributed by atoms with Crippen LogP contribution in [-0.2, 0) is 4.79 Å². The van der Waals surface area contributed by atoms with Gasteiger partial charge in [-0.05, 0) is 42.0 Å². The van der Waals surface area contributed by atoms with E-state index in [1.54, 1.807) is 24.4 Å². The Morgan fingerprint density at radius 1 is 1.06 bits per heavy atom. The van der Waals surface area contributed by atoms with Crippen LogP contribution in [0, 0.1) is 5.82 Å². The third-order valence-corrected chi connectivity index (χ3v) is 4.29. The number of methoxy groups -OCH3 is 2. The normalized spacial score (nSPS) is 10.6. The van der Waals surface area contributed by atoms with Crippen LogP contribution in [0.1, 0.15) is 15.9 Å². The summed E-state index contributed by atoms with van der Waals surface area (Å²) in [5, 5.41) is 2.56. The Labute approximate surface area is 183 Å². The van der Waals surface area contributed by atoms with Crippen LogP contribution in [0.25, 0.3) is 6.08 Å². The number of pyridine rings is 1. The number of halogens is 1. The molecule has 3 N–H and O–H groups in total. The maximum atomic E-state index is 14.3. The first-order chi connectivity index (χ1) is 15.4. The van der Waals surface area contributed by atoms with Gasteiger partial charge in [0.1, 0.15) is 5.75 Å². The van der Waals surface area contributed by atoms with Crippen LogP contribution in [0.3, 0.4) is 0 Å². The Morgan fingerprint density at radius 3 is 2.44 bits per heavy atom. The minimum Gasteiger partial charge on any atom is -0.493 e. The van der Waals surface area contributed by atoms with Crippen molar-refractivity contribution in [1.82, 2.24) is 4.98 Å². The lowest BCUT2D eigenvalue weighted by atomic mass is 10.1. The number of nitrogens with zero attached hydrogens (tertiary/aromatic N) is 1. The van der Waals surface area contributed by atoms with Crippen molar-refractivity contribution >= 4 is 23.6 Å². The molecule has 9 heteroatoms. The summed E-state index contributed by atoms with van der Waals surface area (Å²) < 4.78 is 30.1. The Kier molecular flexibility index (Phi) is 7.02. The lowest BCUT2D eigenvalue weighted by molar-refractivity contribution is -0.111. The minimum absolute atomic E-state index is 0.0241. The van der Waals surface area contributed by atoms with E-state index in [1.165, 1.54) is 56.8 Å². The molecular formula is C23H20FN3O5. The lowest BCUT2D eigenvalue weighted by Gasteiger charge is -2.13. The smallest absolute Gasteiger partial charge is 0.250 e. The highest BCUT2D eigenvalue weighted by Crippen LogP contribution is 2.33. The number of nitrogens with two attached hydrogens (primary N) is 1. The van der Waals surface area contributed by atoms with Gasteiger partial charge in [0.05, 0.1) is 31.7 Å². The molecule has 0 fully saturated rings. The molecule has 3 aromatic rings. The highest BCUT2D eigenvalue weighted by atomic mass is 19.1. The fraction of sp³-hybridized carbons (Fsp3) is 0.0870. The first-order valence-electron chi connectivity index (χ1n) is 9.33. The Balaban J connectivity index is 1.74. The molecule has 2 amide bonds. The van der Waals surface area contributed by atoms with Crippen LogP contribution >= 0.6 is 0 Å². The van der Waals surface area contributed by atoms with E-state index >= 15 is 0 Å². The summed E-state index contributed by atoms with van der Waals surface area (Å²) in [6.45, 7) is 0. The molecule has 0 saturated heterocycles. The van der Waals surface area contributed by atoms with Gasteiger partial charge in [-0.1, -0.05) is 6.07 Å². The average molecular weight is 437 g/mol. The highest BCUT2D eigenvalue weighted by molar-refractivity contribution is 6.07. The molecule has 0 aliphatic carbocycles. The van der Waals surface area contributed by atoms with Gasteiger partial charge in [0, 0.05) is 18.3 Å². The third-order valence-electron chi connectivity index (χ3n) is 4.29. The van der Waals surface area contributed by atoms with E-state index in [-0.39, 0.29) is 17.0 Å². The predicted octanol–water partition coefficient (Wildman–Crippen LogP) is 3.78. The number of nitrogens with one attached hydrogen (secondary N) is 1. The first kappa shape index (κ1) is 22.3. The maximum Gasteiger partial charge on any atom is 0.250 e. The van der Waals surface area contributed by atoms with Gasteiger partial charge in [-0.15, -0.1) is 0 Å². The van der Waals surface area contributed by atoms with E-state index in [4.69, 9.17) is 19.9 Å². The molecule has 0 aliphatic heterocycles. The van der Waals surface area contributed by atoms with Gasteiger partial charge in [0.15, 0.2) is 23.1 Å². The molecule has 0 aliphatic rings. The molecule has 8 nitrogen and oxygen atoms in total. The van der Waals surface area contributed by atoms with Crippen LogP contribution in [0.4, 0.5) is 10.1 Å². The molecule has 0 spiro atoms. The zero-order valence-corrected chi connectivity index (χ0v) is 17.3. The number of benzene rings is 2. The van der Waals surface area contributed by atoms with Crippen molar-refractivity contribution in [2.45, 2.75) is 0 Å². The number of rotatable bonds is 8. The van der Waals surface area contributed by atoms with Crippen molar-refractivity contribution < 1.29 is 28.2 Å². The molecule has 0 unspecified atom stereocenters. The van der Waals surface area contributed by atoms with Crippen LogP contribution in [0.15, 0.2) is 60.9 Å². The second-order valence-electron chi connectivity index (χ2n) is 6.42. The summed E-state index contributed by atoms with van der Waals surface area (Å²) in [6, 6.07) is 10.4. The monoisotopic (exact) mass is 437 g/mol. The number of aromatic nitrogens is 1. The number of carbonyl (C=O) groups is 2. The van der Waals surface area contributed by atoms with Crippen molar-refractivity contribution in [3.05, 3.63) is 77.9 Å². The van der Waals surface area contributed by atoms with Crippen LogP contribution in [0.5, 0.6) is 23.0 Å². The van der Waals surface area contributed by atoms with Gasteiger partial charge in [0.25, 0.3) is 5.91 Å². The summed E-state index contributed by atoms with van der Waals surface area (Å²) in [5.74, 6) is -0.896. The fourth-order valence-electron chi connectivity index (χ4n) is 2.77. The molecule has 0 atom stereocenters. The largest absolute Gasteiger partial charge is 0.493 e. The van der Waals surface area contributed by atoms with Gasteiger partial charge in [-0.3, -0.25) is 14.6 Å². The number of primary amides is 1. The fourth-order valence-corrected chi connectivity index (χ4v) is 2.77. The summed E-state index contributed by atoms with van der Waals surface area (Å²) in [5.41, 5.74) is 6.02. The molecule has 32 heavy (non-hydrogen) atoms. The molecule has 0 bridgehead atoms. The topological polar surface area (TPSA) is 113 Å². The second kappa shape index (κ2) is 10.1. The molecule has 0 saturated carbocycles. The van der Waals surface area contributed by atoms with E-state index in [9.17, 15) is 14.0 Å². The average Bonchev–Trinajstić information content (AvgIpc) is 2.79. The third kappa shape index (κ3) is 5.39. The van der Waals surface area contributed by atoms with E-state index in [0.717, 1.165) is 0 Å². The predicted molar refractivity (Wildman–Crippen MR) is 116 cm³/mol. The Bertz CT molecular complexity index is 1170. The number of ether oxygens (including phenoxy) is 3. The number of carbonyl (C=O) groups excluding carboxylic acids is 2. The van der Waals surface area contributed by atoms with Gasteiger partial charge >= 0.3 is 0 Å².